The monoisotopic (exact) mass is 347 g/mol. The zero-order valence-electron chi connectivity index (χ0n) is 9.57. The van der Waals surface area contributed by atoms with Gasteiger partial charge in [0.05, 0.1) is 22.0 Å². The van der Waals surface area contributed by atoms with Gasteiger partial charge in [-0.3, -0.25) is 4.68 Å². The van der Waals surface area contributed by atoms with Crippen molar-refractivity contribution in [3.63, 3.8) is 0 Å². The van der Waals surface area contributed by atoms with Crippen molar-refractivity contribution in [2.24, 2.45) is 0 Å². The lowest BCUT2D eigenvalue weighted by molar-refractivity contribution is 0.568. The van der Waals surface area contributed by atoms with Crippen LogP contribution in [-0.2, 0) is 12.0 Å². The number of nitrogens with zero attached hydrogens (tertiary/aromatic N) is 3. The van der Waals surface area contributed by atoms with Crippen LogP contribution >= 0.6 is 33.9 Å². The molecule has 2 aromatic rings. The molecule has 5 heteroatoms. The average Bonchev–Trinajstić information content (AvgIpc) is 2.74. The first kappa shape index (κ1) is 12.0. The molecule has 2 heterocycles. The van der Waals surface area contributed by atoms with Gasteiger partial charge in [-0.15, -0.1) is 11.3 Å². The molecular weight excluding hydrogens is 333 g/mol. The molecule has 2 aromatic heterocycles. The van der Waals surface area contributed by atoms with E-state index < -0.39 is 0 Å². The first-order chi connectivity index (χ1) is 7.45. The fourth-order valence-electron chi connectivity index (χ4n) is 1.29. The lowest BCUT2D eigenvalue weighted by atomic mass is 9.93. The van der Waals surface area contributed by atoms with E-state index in [0.29, 0.717) is 0 Å². The summed E-state index contributed by atoms with van der Waals surface area (Å²) in [6.45, 7) is 7.32. The lowest BCUT2D eigenvalue weighted by Crippen LogP contribution is -2.11. The van der Waals surface area contributed by atoms with Crippen LogP contribution in [0.1, 0.15) is 31.5 Å². The van der Waals surface area contributed by atoms with Gasteiger partial charge in [0, 0.05) is 17.0 Å². The Bertz CT molecular complexity index is 481. The van der Waals surface area contributed by atoms with Crippen molar-refractivity contribution >= 4 is 33.9 Å². The molecule has 0 aromatic carbocycles. The molecule has 0 N–H and O–H groups in total. The van der Waals surface area contributed by atoms with E-state index in [-0.39, 0.29) is 5.41 Å². The molecule has 0 atom stereocenters. The Hall–Kier alpha value is -0.430. The molecule has 0 saturated carbocycles. The molecule has 0 unspecified atom stereocenters. The van der Waals surface area contributed by atoms with Crippen molar-refractivity contribution in [2.75, 3.05) is 0 Å². The van der Waals surface area contributed by atoms with Gasteiger partial charge in [0.1, 0.15) is 5.01 Å². The number of hydrogen-bond donors (Lipinski definition) is 0. The Morgan fingerprint density at radius 3 is 2.69 bits per heavy atom. The third-order valence-corrected chi connectivity index (χ3v) is 3.61. The molecule has 0 spiro atoms. The highest BCUT2D eigenvalue weighted by atomic mass is 127. The van der Waals surface area contributed by atoms with Crippen LogP contribution in [0.25, 0.3) is 0 Å². The second-order valence-corrected chi connectivity index (χ2v) is 6.92. The van der Waals surface area contributed by atoms with Crippen LogP contribution in [0.4, 0.5) is 0 Å². The van der Waals surface area contributed by atoms with E-state index >= 15 is 0 Å². The topological polar surface area (TPSA) is 30.7 Å². The van der Waals surface area contributed by atoms with Gasteiger partial charge < -0.3 is 0 Å². The molecule has 3 nitrogen and oxygen atoms in total. The molecule has 2 rings (SSSR count). The molecule has 0 fully saturated rings. The maximum absolute atomic E-state index is 4.64. The Kier molecular flexibility index (Phi) is 3.34. The van der Waals surface area contributed by atoms with E-state index in [4.69, 9.17) is 0 Å². The smallest absolute Gasteiger partial charge is 0.114 e. The summed E-state index contributed by atoms with van der Waals surface area (Å²) < 4.78 is 3.08. The Labute approximate surface area is 113 Å². The van der Waals surface area contributed by atoms with Crippen LogP contribution in [-0.4, -0.2) is 14.8 Å². The maximum Gasteiger partial charge on any atom is 0.114 e. The van der Waals surface area contributed by atoms with Gasteiger partial charge in [0.2, 0.25) is 0 Å². The van der Waals surface area contributed by atoms with Crippen LogP contribution in [0.5, 0.6) is 0 Å². The highest BCUT2D eigenvalue weighted by Gasteiger charge is 2.17. The predicted octanol–water partition coefficient (Wildman–Crippen LogP) is 3.29. The lowest BCUT2D eigenvalue weighted by Gasteiger charge is -2.14. The summed E-state index contributed by atoms with van der Waals surface area (Å²) in [6.07, 6.45) is 3.89. The van der Waals surface area contributed by atoms with Gasteiger partial charge in [-0.25, -0.2) is 4.98 Å². The van der Waals surface area contributed by atoms with Gasteiger partial charge in [0.25, 0.3) is 0 Å². The third-order valence-electron chi connectivity index (χ3n) is 2.22. The normalized spacial score (nSPS) is 12.0. The second-order valence-electron chi connectivity index (χ2n) is 4.73. The van der Waals surface area contributed by atoms with E-state index in [0.717, 1.165) is 20.8 Å². The number of hydrogen-bond acceptors (Lipinski definition) is 3. The molecular formula is C11H14IN3S. The average molecular weight is 347 g/mol. The van der Waals surface area contributed by atoms with Crippen molar-refractivity contribution in [3.05, 3.63) is 32.0 Å². The van der Waals surface area contributed by atoms with E-state index in [1.54, 1.807) is 11.3 Å². The quantitative estimate of drug-likeness (QED) is 0.781. The third kappa shape index (κ3) is 2.82. The van der Waals surface area contributed by atoms with Crippen molar-refractivity contribution in [2.45, 2.75) is 32.7 Å². The summed E-state index contributed by atoms with van der Waals surface area (Å²) >= 11 is 3.97. The minimum Gasteiger partial charge on any atom is -0.265 e. The molecule has 0 aliphatic rings. The summed E-state index contributed by atoms with van der Waals surface area (Å²) in [6, 6.07) is 0. The summed E-state index contributed by atoms with van der Waals surface area (Å²) in [4.78, 5) is 4.64. The van der Waals surface area contributed by atoms with Gasteiger partial charge in [-0.2, -0.15) is 5.10 Å². The summed E-state index contributed by atoms with van der Waals surface area (Å²) in [7, 11) is 0. The zero-order valence-corrected chi connectivity index (χ0v) is 12.5. The SMILES string of the molecule is CC(C)(C)c1csc(Cn2cc(I)cn2)n1. The number of aromatic nitrogens is 3. The van der Waals surface area contributed by atoms with Gasteiger partial charge in [-0.05, 0) is 22.6 Å². The molecule has 0 aliphatic carbocycles. The summed E-state index contributed by atoms with van der Waals surface area (Å²) in [5.74, 6) is 0. The molecule has 0 aliphatic heterocycles. The molecule has 0 radical (unpaired) electrons. The minimum atomic E-state index is 0.132. The Morgan fingerprint density at radius 1 is 1.44 bits per heavy atom. The van der Waals surface area contributed by atoms with Crippen LogP contribution < -0.4 is 0 Å². The molecule has 16 heavy (non-hydrogen) atoms. The Morgan fingerprint density at radius 2 is 2.19 bits per heavy atom. The Balaban J connectivity index is 2.14. The standard InChI is InChI=1S/C11H14IN3S/c1-11(2,3)9-7-16-10(14-9)6-15-5-8(12)4-13-15/h4-5,7H,6H2,1-3H3. The second kappa shape index (κ2) is 4.44. The highest BCUT2D eigenvalue weighted by molar-refractivity contribution is 14.1. The minimum absolute atomic E-state index is 0.132. The fraction of sp³-hybridized carbons (Fsp3) is 0.455. The number of rotatable bonds is 2. The van der Waals surface area contributed by atoms with E-state index in [9.17, 15) is 0 Å². The van der Waals surface area contributed by atoms with Crippen LogP contribution in [0.2, 0.25) is 0 Å². The summed E-state index contributed by atoms with van der Waals surface area (Å²) in [5, 5.41) is 7.52. The van der Waals surface area contributed by atoms with Crippen LogP contribution in [0.3, 0.4) is 0 Å². The van der Waals surface area contributed by atoms with Crippen LogP contribution in [0, 0.1) is 3.57 Å². The predicted molar refractivity (Wildman–Crippen MR) is 74.9 cm³/mol. The molecule has 0 bridgehead atoms. The van der Waals surface area contributed by atoms with Crippen molar-refractivity contribution in [1.29, 1.82) is 0 Å². The van der Waals surface area contributed by atoms with Gasteiger partial charge in [0.15, 0.2) is 0 Å². The first-order valence-corrected chi connectivity index (χ1v) is 7.04. The first-order valence-electron chi connectivity index (χ1n) is 5.08. The van der Waals surface area contributed by atoms with E-state index in [1.165, 1.54) is 0 Å². The molecule has 86 valence electrons. The van der Waals surface area contributed by atoms with Crippen molar-refractivity contribution in [1.82, 2.24) is 14.8 Å². The van der Waals surface area contributed by atoms with Crippen molar-refractivity contribution < 1.29 is 0 Å². The molecule has 0 saturated heterocycles. The zero-order chi connectivity index (χ0) is 11.8. The number of thiazole rings is 1. The largest absolute Gasteiger partial charge is 0.265 e. The van der Waals surface area contributed by atoms with Crippen molar-refractivity contribution in [3.8, 4) is 0 Å². The van der Waals surface area contributed by atoms with Gasteiger partial charge in [-0.1, -0.05) is 20.8 Å². The van der Waals surface area contributed by atoms with E-state index in [1.807, 2.05) is 17.1 Å². The van der Waals surface area contributed by atoms with E-state index in [2.05, 4.69) is 58.8 Å². The van der Waals surface area contributed by atoms with Gasteiger partial charge >= 0.3 is 0 Å². The highest BCUT2D eigenvalue weighted by Crippen LogP contribution is 2.24. The molecule has 0 amide bonds. The fourth-order valence-corrected chi connectivity index (χ4v) is 2.75. The number of halogens is 1. The maximum atomic E-state index is 4.64. The van der Waals surface area contributed by atoms with Crippen LogP contribution in [0.15, 0.2) is 17.8 Å². The summed E-state index contributed by atoms with van der Waals surface area (Å²) in [5.41, 5.74) is 1.29.